The zero-order valence-electron chi connectivity index (χ0n) is 18.8. The molecule has 0 saturated heterocycles. The standard InChI is InChI=1S/C26H29N3O4/c1-17(2)14-23(29-26(32)33)25(31)28-22(13-12-18-8-4-3-5-9-18)24(30)20-15-19-10-6-7-11-21(19)27-16-20/h3-11,15-17,22-23,29H,12-14H2,1-2H3,(H,28,31)(H,32,33). The van der Waals surface area contributed by atoms with E-state index in [2.05, 4.69) is 15.6 Å². The van der Waals surface area contributed by atoms with Crippen LogP contribution in [-0.4, -0.2) is 40.0 Å². The molecule has 7 nitrogen and oxygen atoms in total. The number of carboxylic acid groups (broad SMARTS) is 1. The largest absolute Gasteiger partial charge is 0.465 e. The SMILES string of the molecule is CC(C)CC(NC(=O)O)C(=O)NC(CCc1ccccc1)C(=O)c1cnc2ccccc2c1. The van der Waals surface area contributed by atoms with Crippen LogP contribution in [0.5, 0.6) is 0 Å². The van der Waals surface area contributed by atoms with E-state index in [0.29, 0.717) is 24.8 Å². The molecule has 2 atom stereocenters. The van der Waals surface area contributed by atoms with Crippen LogP contribution >= 0.6 is 0 Å². The van der Waals surface area contributed by atoms with Crippen molar-refractivity contribution >= 4 is 28.7 Å². The highest BCUT2D eigenvalue weighted by Gasteiger charge is 2.28. The second-order valence-corrected chi connectivity index (χ2v) is 8.50. The number of rotatable bonds is 10. The van der Waals surface area contributed by atoms with E-state index in [0.717, 1.165) is 16.5 Å². The van der Waals surface area contributed by atoms with E-state index >= 15 is 0 Å². The van der Waals surface area contributed by atoms with Gasteiger partial charge in [0.25, 0.3) is 0 Å². The summed E-state index contributed by atoms with van der Waals surface area (Å²) in [5.74, 6) is -0.668. The molecule has 0 saturated carbocycles. The van der Waals surface area contributed by atoms with E-state index in [9.17, 15) is 14.4 Å². The lowest BCUT2D eigenvalue weighted by Crippen LogP contribution is -2.52. The minimum atomic E-state index is -1.28. The Morgan fingerprint density at radius 2 is 1.64 bits per heavy atom. The summed E-state index contributed by atoms with van der Waals surface area (Å²) in [5.41, 5.74) is 2.23. The molecule has 7 heteroatoms. The Hall–Kier alpha value is -3.74. The lowest BCUT2D eigenvalue weighted by molar-refractivity contribution is -0.123. The maximum Gasteiger partial charge on any atom is 0.405 e. The van der Waals surface area contributed by atoms with Gasteiger partial charge in [-0.25, -0.2) is 4.79 Å². The normalized spacial score (nSPS) is 12.8. The number of carbonyl (C=O) groups excluding carboxylic acids is 2. The first kappa shape index (κ1) is 23.9. The van der Waals surface area contributed by atoms with E-state index in [-0.39, 0.29) is 11.7 Å². The number of ketones is 1. The van der Waals surface area contributed by atoms with Crippen LogP contribution in [0.4, 0.5) is 4.79 Å². The van der Waals surface area contributed by atoms with E-state index in [4.69, 9.17) is 5.11 Å². The number of nitrogens with zero attached hydrogens (tertiary/aromatic N) is 1. The third-order valence-electron chi connectivity index (χ3n) is 5.39. The van der Waals surface area contributed by atoms with Crippen molar-refractivity contribution in [2.75, 3.05) is 0 Å². The molecular formula is C26H29N3O4. The summed E-state index contributed by atoms with van der Waals surface area (Å²) >= 11 is 0. The van der Waals surface area contributed by atoms with Crippen LogP contribution in [0.15, 0.2) is 66.9 Å². The summed E-state index contributed by atoms with van der Waals surface area (Å²) in [6, 6.07) is 17.2. The third kappa shape index (κ3) is 6.87. The van der Waals surface area contributed by atoms with E-state index in [1.807, 2.05) is 68.4 Å². The molecule has 1 heterocycles. The number of aromatic nitrogens is 1. The second-order valence-electron chi connectivity index (χ2n) is 8.50. The Balaban J connectivity index is 1.84. The maximum atomic E-state index is 13.4. The number of carbonyl (C=O) groups is 3. The van der Waals surface area contributed by atoms with Crippen molar-refractivity contribution in [2.45, 2.75) is 45.2 Å². The monoisotopic (exact) mass is 447 g/mol. The van der Waals surface area contributed by atoms with Crippen molar-refractivity contribution in [3.8, 4) is 0 Å². The van der Waals surface area contributed by atoms with Crippen molar-refractivity contribution in [1.82, 2.24) is 15.6 Å². The number of hydrogen-bond acceptors (Lipinski definition) is 4. The molecule has 3 aromatic rings. The first-order chi connectivity index (χ1) is 15.8. The highest BCUT2D eigenvalue weighted by atomic mass is 16.4. The molecule has 3 rings (SSSR count). The lowest BCUT2D eigenvalue weighted by atomic mass is 9.96. The molecule has 2 aromatic carbocycles. The molecule has 0 aliphatic rings. The van der Waals surface area contributed by atoms with Crippen molar-refractivity contribution < 1.29 is 19.5 Å². The fourth-order valence-corrected chi connectivity index (χ4v) is 3.76. The average Bonchev–Trinajstić information content (AvgIpc) is 2.80. The Morgan fingerprint density at radius 3 is 2.33 bits per heavy atom. The Kier molecular flexibility index (Phi) is 8.13. The first-order valence-electron chi connectivity index (χ1n) is 11.1. The van der Waals surface area contributed by atoms with Crippen LogP contribution in [-0.2, 0) is 11.2 Å². The van der Waals surface area contributed by atoms with Gasteiger partial charge in [-0.15, -0.1) is 0 Å². The van der Waals surface area contributed by atoms with Crippen LogP contribution in [0.2, 0.25) is 0 Å². The number of amides is 2. The average molecular weight is 448 g/mol. The van der Waals surface area contributed by atoms with Gasteiger partial charge in [0.1, 0.15) is 6.04 Å². The molecule has 0 bridgehead atoms. The quantitative estimate of drug-likeness (QED) is 0.403. The van der Waals surface area contributed by atoms with Gasteiger partial charge in [0.05, 0.1) is 11.6 Å². The molecule has 2 unspecified atom stereocenters. The smallest absolute Gasteiger partial charge is 0.405 e. The van der Waals surface area contributed by atoms with Crippen LogP contribution in [0, 0.1) is 5.92 Å². The third-order valence-corrected chi connectivity index (χ3v) is 5.39. The predicted octanol–water partition coefficient (Wildman–Crippen LogP) is 4.22. The molecule has 1 aromatic heterocycles. The zero-order valence-corrected chi connectivity index (χ0v) is 18.8. The molecule has 0 radical (unpaired) electrons. The second kappa shape index (κ2) is 11.2. The highest BCUT2D eigenvalue weighted by molar-refractivity contribution is 6.04. The molecule has 2 amide bonds. The van der Waals surface area contributed by atoms with Crippen molar-refractivity contribution in [3.05, 3.63) is 78.0 Å². The zero-order chi connectivity index (χ0) is 23.8. The van der Waals surface area contributed by atoms with E-state index in [1.165, 1.54) is 6.20 Å². The van der Waals surface area contributed by atoms with Crippen molar-refractivity contribution in [1.29, 1.82) is 0 Å². The maximum absolute atomic E-state index is 13.4. The van der Waals surface area contributed by atoms with Gasteiger partial charge >= 0.3 is 6.09 Å². The Labute approximate surface area is 193 Å². The van der Waals surface area contributed by atoms with Crippen LogP contribution in [0.25, 0.3) is 10.9 Å². The predicted molar refractivity (Wildman–Crippen MR) is 127 cm³/mol. The number of nitrogens with one attached hydrogen (secondary N) is 2. The first-order valence-corrected chi connectivity index (χ1v) is 11.1. The number of pyridine rings is 1. The minimum Gasteiger partial charge on any atom is -0.465 e. The fourth-order valence-electron chi connectivity index (χ4n) is 3.76. The van der Waals surface area contributed by atoms with Gasteiger partial charge in [-0.05, 0) is 42.9 Å². The van der Waals surface area contributed by atoms with Gasteiger partial charge in [0.2, 0.25) is 5.91 Å². The molecule has 33 heavy (non-hydrogen) atoms. The van der Waals surface area contributed by atoms with E-state index in [1.54, 1.807) is 6.07 Å². The van der Waals surface area contributed by atoms with Gasteiger partial charge in [0.15, 0.2) is 5.78 Å². The Morgan fingerprint density at radius 1 is 0.939 bits per heavy atom. The van der Waals surface area contributed by atoms with Gasteiger partial charge in [0, 0.05) is 17.1 Å². The molecule has 0 spiro atoms. The molecule has 3 N–H and O–H groups in total. The lowest BCUT2D eigenvalue weighted by Gasteiger charge is -2.23. The number of hydrogen-bond donors (Lipinski definition) is 3. The van der Waals surface area contributed by atoms with Gasteiger partial charge < -0.3 is 15.7 Å². The summed E-state index contributed by atoms with van der Waals surface area (Å²) < 4.78 is 0. The van der Waals surface area contributed by atoms with Crippen LogP contribution < -0.4 is 10.6 Å². The molecule has 0 aliphatic carbocycles. The number of Topliss-reactive ketones (excluding diaryl/α,β-unsaturated/α-hetero) is 1. The van der Waals surface area contributed by atoms with Crippen molar-refractivity contribution in [3.63, 3.8) is 0 Å². The van der Waals surface area contributed by atoms with Crippen molar-refractivity contribution in [2.24, 2.45) is 5.92 Å². The minimum absolute atomic E-state index is 0.0933. The fraction of sp³-hybridized carbons (Fsp3) is 0.308. The summed E-state index contributed by atoms with van der Waals surface area (Å²) in [4.78, 5) is 42.0. The highest BCUT2D eigenvalue weighted by Crippen LogP contribution is 2.16. The molecule has 172 valence electrons. The summed E-state index contributed by atoms with van der Waals surface area (Å²) in [6.07, 6.45) is 1.53. The molecule has 0 fully saturated rings. The molecule has 0 aliphatic heterocycles. The summed E-state index contributed by atoms with van der Waals surface area (Å²) in [5, 5.41) is 15.1. The summed E-state index contributed by atoms with van der Waals surface area (Å²) in [6.45, 7) is 3.81. The van der Waals surface area contributed by atoms with Gasteiger partial charge in [-0.1, -0.05) is 62.4 Å². The topological polar surface area (TPSA) is 108 Å². The van der Waals surface area contributed by atoms with Gasteiger partial charge in [-0.2, -0.15) is 0 Å². The Bertz CT molecular complexity index is 1110. The number of para-hydroxylation sites is 1. The number of benzene rings is 2. The number of aryl methyl sites for hydroxylation is 1. The van der Waals surface area contributed by atoms with Crippen LogP contribution in [0.1, 0.15) is 42.6 Å². The summed E-state index contributed by atoms with van der Waals surface area (Å²) in [7, 11) is 0. The van der Waals surface area contributed by atoms with Gasteiger partial charge in [-0.3, -0.25) is 14.6 Å². The number of fused-ring (bicyclic) bond motifs is 1. The van der Waals surface area contributed by atoms with E-state index < -0.39 is 24.1 Å². The van der Waals surface area contributed by atoms with Crippen LogP contribution in [0.3, 0.4) is 0 Å². The molecular weight excluding hydrogens is 418 g/mol.